The van der Waals surface area contributed by atoms with E-state index in [1.165, 1.54) is 17.4 Å². The summed E-state index contributed by atoms with van der Waals surface area (Å²) in [6.45, 7) is 1.92. The lowest BCUT2D eigenvalue weighted by Gasteiger charge is -2.05. The fraction of sp³-hybridized carbons (Fsp3) is 0.188. The van der Waals surface area contributed by atoms with Crippen LogP contribution in [-0.2, 0) is 0 Å². The molecule has 2 heterocycles. The minimum Gasteiger partial charge on any atom is -0.354 e. The van der Waals surface area contributed by atoms with E-state index >= 15 is 0 Å². The van der Waals surface area contributed by atoms with Crippen LogP contribution in [0.25, 0.3) is 22.0 Å². The Hall–Kier alpha value is -2.87. The predicted molar refractivity (Wildman–Crippen MR) is 94.3 cm³/mol. The highest BCUT2D eigenvalue weighted by molar-refractivity contribution is 7.19. The molecule has 0 fully saturated rings. The van der Waals surface area contributed by atoms with E-state index in [0.29, 0.717) is 17.1 Å². The number of aromatic nitrogens is 3. The van der Waals surface area contributed by atoms with Crippen molar-refractivity contribution in [1.82, 2.24) is 15.0 Å². The van der Waals surface area contributed by atoms with Crippen LogP contribution in [0, 0.1) is 17.0 Å². The van der Waals surface area contributed by atoms with Crippen LogP contribution in [0.15, 0.2) is 36.5 Å². The van der Waals surface area contributed by atoms with Crippen LogP contribution in [-0.4, -0.2) is 34.0 Å². The molecule has 0 saturated heterocycles. The SMILES string of the molecule is Cc1nc(N(C)C)sc1-c1ccnc(-c2ccccc2[N+](=O)[O-])n1. The summed E-state index contributed by atoms with van der Waals surface area (Å²) in [4.78, 5) is 26.9. The number of rotatable bonds is 4. The van der Waals surface area contributed by atoms with Crippen LogP contribution < -0.4 is 4.90 Å². The lowest BCUT2D eigenvalue weighted by Crippen LogP contribution is -2.07. The molecule has 2 aromatic heterocycles. The van der Waals surface area contributed by atoms with Crippen LogP contribution in [0.5, 0.6) is 0 Å². The monoisotopic (exact) mass is 341 g/mol. The number of thiazole rings is 1. The van der Waals surface area contributed by atoms with Gasteiger partial charge in [-0.3, -0.25) is 10.1 Å². The summed E-state index contributed by atoms with van der Waals surface area (Å²) in [5.74, 6) is 0.332. The summed E-state index contributed by atoms with van der Waals surface area (Å²) in [6.07, 6.45) is 1.61. The number of hydrogen-bond donors (Lipinski definition) is 0. The third-order valence-corrected chi connectivity index (χ3v) is 4.75. The van der Waals surface area contributed by atoms with Gasteiger partial charge in [-0.25, -0.2) is 15.0 Å². The Morgan fingerprint density at radius 1 is 1.17 bits per heavy atom. The maximum Gasteiger partial charge on any atom is 0.280 e. The molecule has 0 spiro atoms. The molecule has 0 radical (unpaired) electrons. The molecule has 0 bridgehead atoms. The van der Waals surface area contributed by atoms with Gasteiger partial charge in [-0.15, -0.1) is 0 Å². The van der Waals surface area contributed by atoms with E-state index in [1.807, 2.05) is 25.9 Å². The van der Waals surface area contributed by atoms with Gasteiger partial charge in [0.2, 0.25) is 0 Å². The van der Waals surface area contributed by atoms with E-state index in [0.717, 1.165) is 15.7 Å². The van der Waals surface area contributed by atoms with Crippen LogP contribution >= 0.6 is 11.3 Å². The largest absolute Gasteiger partial charge is 0.354 e. The van der Waals surface area contributed by atoms with Crippen LogP contribution in [0.1, 0.15) is 5.69 Å². The molecule has 0 saturated carbocycles. The van der Waals surface area contributed by atoms with E-state index in [-0.39, 0.29) is 5.69 Å². The first-order valence-corrected chi connectivity index (χ1v) is 8.01. The van der Waals surface area contributed by atoms with Crippen LogP contribution in [0.4, 0.5) is 10.8 Å². The fourth-order valence-corrected chi connectivity index (χ4v) is 3.21. The summed E-state index contributed by atoms with van der Waals surface area (Å²) in [5, 5.41) is 12.1. The third-order valence-electron chi connectivity index (χ3n) is 3.40. The number of para-hydroxylation sites is 1. The molecule has 0 aliphatic rings. The van der Waals surface area contributed by atoms with Gasteiger partial charge in [0.1, 0.15) is 0 Å². The van der Waals surface area contributed by atoms with E-state index in [9.17, 15) is 10.1 Å². The number of hydrogen-bond acceptors (Lipinski definition) is 7. The van der Waals surface area contributed by atoms with Gasteiger partial charge >= 0.3 is 0 Å². The van der Waals surface area contributed by atoms with Crippen molar-refractivity contribution in [3.8, 4) is 22.0 Å². The van der Waals surface area contributed by atoms with Crippen LogP contribution in [0.2, 0.25) is 0 Å². The van der Waals surface area contributed by atoms with E-state index < -0.39 is 4.92 Å². The summed E-state index contributed by atoms with van der Waals surface area (Å²) < 4.78 is 0. The number of aryl methyl sites for hydroxylation is 1. The number of anilines is 1. The molecule has 0 N–H and O–H groups in total. The quantitative estimate of drug-likeness (QED) is 0.533. The number of nitrogens with zero attached hydrogens (tertiary/aromatic N) is 5. The molecule has 0 aliphatic carbocycles. The lowest BCUT2D eigenvalue weighted by molar-refractivity contribution is -0.384. The Morgan fingerprint density at radius 2 is 1.92 bits per heavy atom. The van der Waals surface area contributed by atoms with Gasteiger partial charge in [0.15, 0.2) is 11.0 Å². The van der Waals surface area contributed by atoms with Crippen LogP contribution in [0.3, 0.4) is 0 Å². The van der Waals surface area contributed by atoms with Gasteiger partial charge in [-0.2, -0.15) is 0 Å². The molecule has 3 aromatic rings. The zero-order valence-electron chi connectivity index (χ0n) is 13.4. The Labute approximate surface area is 142 Å². The van der Waals surface area contributed by atoms with Gasteiger partial charge in [0.05, 0.1) is 26.8 Å². The molecule has 24 heavy (non-hydrogen) atoms. The zero-order valence-corrected chi connectivity index (χ0v) is 14.2. The molecule has 1 aromatic carbocycles. The maximum atomic E-state index is 11.2. The summed E-state index contributed by atoms with van der Waals surface area (Å²) in [7, 11) is 3.86. The number of nitro benzene ring substituents is 1. The first-order valence-electron chi connectivity index (χ1n) is 7.19. The Bertz CT molecular complexity index is 907. The van der Waals surface area contributed by atoms with Crippen molar-refractivity contribution in [3.05, 3.63) is 52.3 Å². The minimum absolute atomic E-state index is 0.00958. The maximum absolute atomic E-state index is 11.2. The number of nitro groups is 1. The normalized spacial score (nSPS) is 10.6. The van der Waals surface area contributed by atoms with E-state index in [2.05, 4.69) is 15.0 Å². The molecule has 7 nitrogen and oxygen atoms in total. The zero-order chi connectivity index (χ0) is 17.3. The first kappa shape index (κ1) is 16.0. The molecule has 0 unspecified atom stereocenters. The standard InChI is InChI=1S/C16H15N5O2S/c1-10-14(24-16(18-10)20(2)3)12-8-9-17-15(19-12)11-6-4-5-7-13(11)21(22)23/h4-9H,1-3H3. The summed E-state index contributed by atoms with van der Waals surface area (Å²) in [5.41, 5.74) is 1.97. The third kappa shape index (κ3) is 2.95. The Morgan fingerprint density at radius 3 is 2.58 bits per heavy atom. The first-order chi connectivity index (χ1) is 11.5. The molecular formula is C16H15N5O2S. The minimum atomic E-state index is -0.423. The van der Waals surface area contributed by atoms with Crippen molar-refractivity contribution < 1.29 is 4.92 Å². The molecule has 8 heteroatoms. The van der Waals surface area contributed by atoms with Gasteiger partial charge < -0.3 is 4.90 Å². The van der Waals surface area contributed by atoms with Gasteiger partial charge in [0.25, 0.3) is 5.69 Å². The topological polar surface area (TPSA) is 85.0 Å². The average molecular weight is 341 g/mol. The van der Waals surface area contributed by atoms with Gasteiger partial charge in [-0.1, -0.05) is 23.5 Å². The second kappa shape index (κ2) is 6.32. The van der Waals surface area contributed by atoms with Crippen molar-refractivity contribution in [2.45, 2.75) is 6.92 Å². The summed E-state index contributed by atoms with van der Waals surface area (Å²) >= 11 is 1.53. The van der Waals surface area contributed by atoms with E-state index in [1.54, 1.807) is 30.5 Å². The molecule has 0 aliphatic heterocycles. The van der Waals surface area contributed by atoms with Crippen molar-refractivity contribution in [2.24, 2.45) is 0 Å². The van der Waals surface area contributed by atoms with Gasteiger partial charge in [-0.05, 0) is 19.1 Å². The number of benzene rings is 1. The summed E-state index contributed by atoms with van der Waals surface area (Å²) in [6, 6.07) is 8.26. The van der Waals surface area contributed by atoms with Crippen molar-refractivity contribution in [3.63, 3.8) is 0 Å². The molecule has 3 rings (SSSR count). The second-order valence-corrected chi connectivity index (χ2v) is 6.32. The Balaban J connectivity index is 2.10. The lowest BCUT2D eigenvalue weighted by atomic mass is 10.1. The second-order valence-electron chi connectivity index (χ2n) is 5.35. The predicted octanol–water partition coefficient (Wildman–Crippen LogP) is 3.55. The highest BCUT2D eigenvalue weighted by Gasteiger charge is 2.18. The fourth-order valence-electron chi connectivity index (χ4n) is 2.25. The molecule has 0 atom stereocenters. The van der Waals surface area contributed by atoms with Crippen molar-refractivity contribution >= 4 is 22.2 Å². The smallest absolute Gasteiger partial charge is 0.280 e. The molecular weight excluding hydrogens is 326 g/mol. The molecule has 122 valence electrons. The van der Waals surface area contributed by atoms with Crippen molar-refractivity contribution in [1.29, 1.82) is 0 Å². The average Bonchev–Trinajstić information content (AvgIpc) is 2.97. The van der Waals surface area contributed by atoms with E-state index in [4.69, 9.17) is 0 Å². The highest BCUT2D eigenvalue weighted by Crippen LogP contribution is 2.34. The molecule has 0 amide bonds. The Kier molecular flexibility index (Phi) is 4.22. The van der Waals surface area contributed by atoms with Gasteiger partial charge in [0, 0.05) is 26.4 Å². The van der Waals surface area contributed by atoms with Crippen molar-refractivity contribution in [2.75, 3.05) is 19.0 Å². The highest BCUT2D eigenvalue weighted by atomic mass is 32.1.